The van der Waals surface area contributed by atoms with Gasteiger partial charge < -0.3 is 10.2 Å². The standard InChI is InChI=1S/C17H32N2S/c1-6-9-17(4,13-18-11-15(2)3)14-19(5)12-16-8-7-10-20-16/h7-8,10,15,18H,6,9,11-14H2,1-5H3. The van der Waals surface area contributed by atoms with Gasteiger partial charge in [0.05, 0.1) is 0 Å². The lowest BCUT2D eigenvalue weighted by molar-refractivity contribution is 0.168. The van der Waals surface area contributed by atoms with E-state index in [4.69, 9.17) is 0 Å². The Morgan fingerprint density at radius 1 is 1.40 bits per heavy atom. The van der Waals surface area contributed by atoms with Gasteiger partial charge in [-0.15, -0.1) is 11.3 Å². The summed E-state index contributed by atoms with van der Waals surface area (Å²) in [6, 6.07) is 4.37. The molecular weight excluding hydrogens is 264 g/mol. The summed E-state index contributed by atoms with van der Waals surface area (Å²) in [5, 5.41) is 5.82. The number of rotatable bonds is 10. The first kappa shape index (κ1) is 17.7. The fourth-order valence-corrected chi connectivity index (χ4v) is 3.65. The number of hydrogen-bond donors (Lipinski definition) is 1. The van der Waals surface area contributed by atoms with Gasteiger partial charge in [0, 0.05) is 24.5 Å². The molecule has 0 saturated carbocycles. The van der Waals surface area contributed by atoms with E-state index < -0.39 is 0 Å². The summed E-state index contributed by atoms with van der Waals surface area (Å²) in [5.41, 5.74) is 0.371. The minimum atomic E-state index is 0.371. The zero-order valence-electron chi connectivity index (χ0n) is 13.9. The summed E-state index contributed by atoms with van der Waals surface area (Å²) < 4.78 is 0. The molecule has 0 aromatic carbocycles. The molecule has 1 aromatic rings. The van der Waals surface area contributed by atoms with Crippen LogP contribution < -0.4 is 5.32 Å². The summed E-state index contributed by atoms with van der Waals surface area (Å²) in [4.78, 5) is 3.93. The number of hydrogen-bond acceptors (Lipinski definition) is 3. The van der Waals surface area contributed by atoms with Crippen molar-refractivity contribution in [1.82, 2.24) is 10.2 Å². The molecule has 0 amide bonds. The Bertz CT molecular complexity index is 348. The highest BCUT2D eigenvalue weighted by Crippen LogP contribution is 2.24. The molecule has 1 aromatic heterocycles. The van der Waals surface area contributed by atoms with Crippen molar-refractivity contribution in [2.75, 3.05) is 26.7 Å². The maximum Gasteiger partial charge on any atom is 0.0325 e. The summed E-state index contributed by atoms with van der Waals surface area (Å²) in [5.74, 6) is 0.727. The van der Waals surface area contributed by atoms with Gasteiger partial charge in [0.2, 0.25) is 0 Å². The van der Waals surface area contributed by atoms with Crippen molar-refractivity contribution < 1.29 is 0 Å². The molecule has 1 N–H and O–H groups in total. The molecule has 0 aliphatic rings. The second-order valence-corrected chi connectivity index (χ2v) is 7.87. The Morgan fingerprint density at radius 2 is 2.15 bits per heavy atom. The van der Waals surface area contributed by atoms with Crippen LogP contribution >= 0.6 is 11.3 Å². The van der Waals surface area contributed by atoms with Crippen LogP contribution in [0, 0.1) is 11.3 Å². The zero-order chi connectivity index (χ0) is 15.0. The molecule has 2 nitrogen and oxygen atoms in total. The van der Waals surface area contributed by atoms with Gasteiger partial charge in [-0.3, -0.25) is 0 Å². The van der Waals surface area contributed by atoms with Crippen LogP contribution in [0.3, 0.4) is 0 Å². The molecule has 0 radical (unpaired) electrons. The lowest BCUT2D eigenvalue weighted by atomic mass is 9.84. The third kappa shape index (κ3) is 6.87. The average molecular weight is 297 g/mol. The molecule has 0 saturated heterocycles. The predicted octanol–water partition coefficient (Wildman–Crippen LogP) is 4.23. The molecule has 0 aliphatic heterocycles. The molecule has 0 aliphatic carbocycles. The third-order valence-corrected chi connectivity index (χ3v) is 4.48. The second kappa shape index (κ2) is 8.81. The Balaban J connectivity index is 2.46. The van der Waals surface area contributed by atoms with Crippen molar-refractivity contribution in [3.63, 3.8) is 0 Å². The summed E-state index contributed by atoms with van der Waals surface area (Å²) >= 11 is 1.86. The Labute approximate surface area is 129 Å². The topological polar surface area (TPSA) is 15.3 Å². The molecule has 1 rings (SSSR count). The van der Waals surface area contributed by atoms with Crippen LogP contribution in [-0.4, -0.2) is 31.6 Å². The first-order chi connectivity index (χ1) is 9.45. The molecule has 1 heterocycles. The molecule has 0 spiro atoms. The fourth-order valence-electron chi connectivity index (χ4n) is 2.87. The lowest BCUT2D eigenvalue weighted by Crippen LogP contribution is -2.41. The molecule has 0 bridgehead atoms. The smallest absolute Gasteiger partial charge is 0.0325 e. The van der Waals surface area contributed by atoms with E-state index >= 15 is 0 Å². The summed E-state index contributed by atoms with van der Waals surface area (Å²) in [7, 11) is 2.25. The lowest BCUT2D eigenvalue weighted by Gasteiger charge is -2.34. The zero-order valence-corrected chi connectivity index (χ0v) is 14.7. The molecule has 20 heavy (non-hydrogen) atoms. The van der Waals surface area contributed by atoms with E-state index in [0.717, 1.165) is 32.1 Å². The van der Waals surface area contributed by atoms with Gasteiger partial charge >= 0.3 is 0 Å². The van der Waals surface area contributed by atoms with E-state index in [0.29, 0.717) is 5.41 Å². The Morgan fingerprint density at radius 3 is 2.70 bits per heavy atom. The normalized spacial score (nSPS) is 14.9. The molecule has 0 fully saturated rings. The highest BCUT2D eigenvalue weighted by Gasteiger charge is 2.25. The van der Waals surface area contributed by atoms with Crippen molar-refractivity contribution in [3.05, 3.63) is 22.4 Å². The largest absolute Gasteiger partial charge is 0.316 e. The maximum absolute atomic E-state index is 3.65. The number of nitrogens with zero attached hydrogens (tertiary/aromatic N) is 1. The van der Waals surface area contributed by atoms with Crippen LogP contribution in [0.1, 0.15) is 45.4 Å². The number of thiophene rings is 1. The van der Waals surface area contributed by atoms with E-state index in [-0.39, 0.29) is 0 Å². The SMILES string of the molecule is CCCC(C)(CNCC(C)C)CN(C)Cc1cccs1. The van der Waals surface area contributed by atoms with Gasteiger partial charge in [-0.1, -0.05) is 40.2 Å². The van der Waals surface area contributed by atoms with Gasteiger partial charge in [-0.05, 0) is 42.8 Å². The monoisotopic (exact) mass is 296 g/mol. The van der Waals surface area contributed by atoms with Crippen LogP contribution in [0.25, 0.3) is 0 Å². The average Bonchev–Trinajstić information content (AvgIpc) is 2.80. The van der Waals surface area contributed by atoms with Crippen molar-refractivity contribution in [3.8, 4) is 0 Å². The van der Waals surface area contributed by atoms with E-state index in [2.05, 4.69) is 62.5 Å². The van der Waals surface area contributed by atoms with Gasteiger partial charge in [0.1, 0.15) is 0 Å². The number of nitrogens with one attached hydrogen (secondary N) is 1. The molecule has 116 valence electrons. The van der Waals surface area contributed by atoms with Crippen LogP contribution in [0.2, 0.25) is 0 Å². The van der Waals surface area contributed by atoms with Crippen LogP contribution in [-0.2, 0) is 6.54 Å². The van der Waals surface area contributed by atoms with Gasteiger partial charge in [0.15, 0.2) is 0 Å². The fraction of sp³-hybridized carbons (Fsp3) is 0.765. The first-order valence-corrected chi connectivity index (χ1v) is 8.75. The molecular formula is C17H32N2S. The second-order valence-electron chi connectivity index (χ2n) is 6.84. The minimum Gasteiger partial charge on any atom is -0.316 e. The van der Waals surface area contributed by atoms with Crippen molar-refractivity contribution in [1.29, 1.82) is 0 Å². The molecule has 1 unspecified atom stereocenters. The van der Waals surface area contributed by atoms with Crippen LogP contribution in [0.5, 0.6) is 0 Å². The van der Waals surface area contributed by atoms with Gasteiger partial charge in [0.25, 0.3) is 0 Å². The van der Waals surface area contributed by atoms with E-state index in [9.17, 15) is 0 Å². The molecule has 3 heteroatoms. The maximum atomic E-state index is 3.65. The van der Waals surface area contributed by atoms with Crippen LogP contribution in [0.4, 0.5) is 0 Å². The predicted molar refractivity (Wildman–Crippen MR) is 91.4 cm³/mol. The summed E-state index contributed by atoms with van der Waals surface area (Å²) in [6.45, 7) is 13.7. The molecule has 1 atom stereocenters. The van der Waals surface area contributed by atoms with E-state index in [1.807, 2.05) is 11.3 Å². The minimum absolute atomic E-state index is 0.371. The van der Waals surface area contributed by atoms with Crippen molar-refractivity contribution in [2.24, 2.45) is 11.3 Å². The Kier molecular flexibility index (Phi) is 7.78. The first-order valence-electron chi connectivity index (χ1n) is 7.87. The van der Waals surface area contributed by atoms with Crippen molar-refractivity contribution in [2.45, 2.75) is 47.1 Å². The third-order valence-electron chi connectivity index (χ3n) is 3.62. The highest BCUT2D eigenvalue weighted by molar-refractivity contribution is 7.09. The summed E-state index contributed by atoms with van der Waals surface area (Å²) in [6.07, 6.45) is 2.54. The van der Waals surface area contributed by atoms with Crippen molar-refractivity contribution >= 4 is 11.3 Å². The Hall–Kier alpha value is -0.380. The quantitative estimate of drug-likeness (QED) is 0.695. The van der Waals surface area contributed by atoms with Gasteiger partial charge in [-0.25, -0.2) is 0 Å². The van der Waals surface area contributed by atoms with Crippen LogP contribution in [0.15, 0.2) is 17.5 Å². The highest BCUT2D eigenvalue weighted by atomic mass is 32.1. The van der Waals surface area contributed by atoms with E-state index in [1.165, 1.54) is 17.7 Å². The van der Waals surface area contributed by atoms with E-state index in [1.54, 1.807) is 0 Å². The van der Waals surface area contributed by atoms with Gasteiger partial charge in [-0.2, -0.15) is 0 Å².